The monoisotopic (exact) mass is 349 g/mol. The maximum Gasteiger partial charge on any atom is 0.341 e. The SMILES string of the molecule is CC(C)C[C@@H](NC(=O)c1ccc(S(=O)(=O)C(F)F)cc1)C(=O)O. The number of nitrogens with one attached hydrogen (secondary N) is 1. The molecule has 1 rings (SSSR count). The lowest BCUT2D eigenvalue weighted by Crippen LogP contribution is -2.41. The summed E-state index contributed by atoms with van der Waals surface area (Å²) < 4.78 is 47.4. The second kappa shape index (κ2) is 7.49. The van der Waals surface area contributed by atoms with Crippen molar-refractivity contribution >= 4 is 21.7 Å². The maximum atomic E-state index is 12.4. The topological polar surface area (TPSA) is 101 Å². The first-order chi connectivity index (χ1) is 10.6. The number of carboxylic acids is 1. The Morgan fingerprint density at radius 2 is 1.70 bits per heavy atom. The molecule has 6 nitrogen and oxygen atoms in total. The Morgan fingerprint density at radius 1 is 1.17 bits per heavy atom. The van der Waals surface area contributed by atoms with Crippen molar-refractivity contribution in [2.45, 2.75) is 37.0 Å². The van der Waals surface area contributed by atoms with E-state index in [2.05, 4.69) is 5.32 Å². The molecule has 1 aromatic rings. The first-order valence-corrected chi connectivity index (χ1v) is 8.26. The largest absolute Gasteiger partial charge is 0.480 e. The van der Waals surface area contributed by atoms with Crippen LogP contribution in [0.2, 0.25) is 0 Å². The van der Waals surface area contributed by atoms with Crippen LogP contribution < -0.4 is 5.32 Å². The summed E-state index contributed by atoms with van der Waals surface area (Å²) in [5.41, 5.74) is -0.0202. The van der Waals surface area contributed by atoms with Gasteiger partial charge in [0.25, 0.3) is 5.91 Å². The minimum Gasteiger partial charge on any atom is -0.480 e. The van der Waals surface area contributed by atoms with Gasteiger partial charge in [-0.15, -0.1) is 0 Å². The van der Waals surface area contributed by atoms with Crippen LogP contribution in [0.25, 0.3) is 0 Å². The van der Waals surface area contributed by atoms with Crippen molar-refractivity contribution in [2.24, 2.45) is 5.92 Å². The number of carbonyl (C=O) groups excluding carboxylic acids is 1. The van der Waals surface area contributed by atoms with Crippen LogP contribution >= 0.6 is 0 Å². The fraction of sp³-hybridized carbons (Fsp3) is 0.429. The molecule has 2 N–H and O–H groups in total. The van der Waals surface area contributed by atoms with E-state index in [0.29, 0.717) is 0 Å². The lowest BCUT2D eigenvalue weighted by atomic mass is 10.0. The van der Waals surface area contributed by atoms with E-state index >= 15 is 0 Å². The summed E-state index contributed by atoms with van der Waals surface area (Å²) in [7, 11) is -4.73. The number of aliphatic carboxylic acids is 1. The average molecular weight is 349 g/mol. The van der Waals surface area contributed by atoms with Crippen molar-refractivity contribution in [2.75, 3.05) is 0 Å². The third kappa shape index (κ3) is 4.98. The number of benzene rings is 1. The number of carboxylic acid groups (broad SMARTS) is 1. The number of sulfone groups is 1. The van der Waals surface area contributed by atoms with Crippen molar-refractivity contribution in [1.82, 2.24) is 5.32 Å². The zero-order chi connectivity index (χ0) is 17.8. The van der Waals surface area contributed by atoms with Gasteiger partial charge in [0.2, 0.25) is 9.84 Å². The standard InChI is InChI=1S/C14H17F2NO5S/c1-8(2)7-11(13(19)20)17-12(18)9-3-5-10(6-4-9)23(21,22)14(15)16/h3-6,8,11,14H,7H2,1-2H3,(H,17,18)(H,19,20)/t11-/m1/s1. The Kier molecular flexibility index (Phi) is 6.20. The molecule has 0 aliphatic carbocycles. The van der Waals surface area contributed by atoms with Crippen LogP contribution in [0.1, 0.15) is 30.6 Å². The average Bonchev–Trinajstić information content (AvgIpc) is 2.45. The van der Waals surface area contributed by atoms with Crippen molar-refractivity contribution in [3.05, 3.63) is 29.8 Å². The smallest absolute Gasteiger partial charge is 0.341 e. The molecule has 1 amide bonds. The summed E-state index contributed by atoms with van der Waals surface area (Å²) in [5.74, 6) is -5.43. The first kappa shape index (κ1) is 19.0. The quantitative estimate of drug-likeness (QED) is 0.783. The molecule has 0 aliphatic rings. The molecule has 128 valence electrons. The number of amides is 1. The summed E-state index contributed by atoms with van der Waals surface area (Å²) in [4.78, 5) is 22.4. The molecule has 0 heterocycles. The van der Waals surface area contributed by atoms with Gasteiger partial charge in [0.1, 0.15) is 6.04 Å². The van der Waals surface area contributed by atoms with Gasteiger partial charge in [-0.3, -0.25) is 4.79 Å². The van der Waals surface area contributed by atoms with Gasteiger partial charge >= 0.3 is 11.7 Å². The molecular formula is C14H17F2NO5S. The number of alkyl halides is 2. The van der Waals surface area contributed by atoms with E-state index in [1.165, 1.54) is 0 Å². The molecule has 9 heteroatoms. The molecule has 0 radical (unpaired) electrons. The van der Waals surface area contributed by atoms with Gasteiger partial charge in [-0.1, -0.05) is 13.8 Å². The summed E-state index contributed by atoms with van der Waals surface area (Å²) in [6.45, 7) is 3.60. The molecule has 0 fully saturated rings. The van der Waals surface area contributed by atoms with E-state index < -0.39 is 38.4 Å². The number of halogens is 2. The summed E-state index contributed by atoms with van der Waals surface area (Å²) >= 11 is 0. The van der Waals surface area contributed by atoms with Crippen molar-refractivity contribution in [3.8, 4) is 0 Å². The van der Waals surface area contributed by atoms with E-state index in [4.69, 9.17) is 5.11 Å². The van der Waals surface area contributed by atoms with Gasteiger partial charge in [0, 0.05) is 5.56 Å². The minimum absolute atomic E-state index is 0.0202. The van der Waals surface area contributed by atoms with Crippen LogP contribution in [0, 0.1) is 5.92 Å². The lowest BCUT2D eigenvalue weighted by molar-refractivity contribution is -0.139. The Morgan fingerprint density at radius 3 is 2.09 bits per heavy atom. The van der Waals surface area contributed by atoms with Gasteiger partial charge in [-0.2, -0.15) is 8.78 Å². The number of hydrogen-bond donors (Lipinski definition) is 2. The zero-order valence-corrected chi connectivity index (χ0v) is 13.3. The Bertz CT molecular complexity index is 671. The van der Waals surface area contributed by atoms with Crippen LogP contribution in [0.4, 0.5) is 8.78 Å². The van der Waals surface area contributed by atoms with E-state index in [0.717, 1.165) is 24.3 Å². The van der Waals surface area contributed by atoms with Gasteiger partial charge in [-0.05, 0) is 36.6 Å². The second-order valence-electron chi connectivity index (χ2n) is 5.32. The molecule has 0 aromatic heterocycles. The highest BCUT2D eigenvalue weighted by Gasteiger charge is 2.27. The molecule has 0 spiro atoms. The van der Waals surface area contributed by atoms with E-state index in [1.54, 1.807) is 13.8 Å². The normalized spacial score (nSPS) is 13.1. The Hall–Kier alpha value is -2.03. The van der Waals surface area contributed by atoms with Crippen molar-refractivity contribution in [1.29, 1.82) is 0 Å². The Balaban J connectivity index is 2.91. The molecule has 1 aromatic carbocycles. The lowest BCUT2D eigenvalue weighted by Gasteiger charge is -2.16. The molecule has 0 aliphatic heterocycles. The fourth-order valence-electron chi connectivity index (χ4n) is 1.83. The van der Waals surface area contributed by atoms with Crippen molar-refractivity contribution in [3.63, 3.8) is 0 Å². The third-order valence-electron chi connectivity index (χ3n) is 2.99. The van der Waals surface area contributed by atoms with Crippen LogP contribution in [0.5, 0.6) is 0 Å². The zero-order valence-electron chi connectivity index (χ0n) is 12.5. The van der Waals surface area contributed by atoms with E-state index in [1.807, 2.05) is 0 Å². The van der Waals surface area contributed by atoms with Crippen LogP contribution in [-0.2, 0) is 14.6 Å². The second-order valence-corrected chi connectivity index (χ2v) is 7.24. The maximum absolute atomic E-state index is 12.4. The van der Waals surface area contributed by atoms with Crippen molar-refractivity contribution < 1.29 is 31.9 Å². The van der Waals surface area contributed by atoms with Gasteiger partial charge < -0.3 is 10.4 Å². The van der Waals surface area contributed by atoms with Crippen LogP contribution in [-0.4, -0.2) is 37.2 Å². The third-order valence-corrected chi connectivity index (χ3v) is 4.39. The molecule has 1 atom stereocenters. The fourth-order valence-corrected chi connectivity index (χ4v) is 2.55. The molecular weight excluding hydrogens is 332 g/mol. The number of rotatable bonds is 7. The highest BCUT2D eigenvalue weighted by Crippen LogP contribution is 2.18. The number of hydrogen-bond acceptors (Lipinski definition) is 4. The predicted molar refractivity (Wildman–Crippen MR) is 78.0 cm³/mol. The highest BCUT2D eigenvalue weighted by atomic mass is 32.2. The molecule has 0 saturated carbocycles. The summed E-state index contributed by atoms with van der Waals surface area (Å²) in [6.07, 6.45) is 0.221. The van der Waals surface area contributed by atoms with Gasteiger partial charge in [0.15, 0.2) is 0 Å². The van der Waals surface area contributed by atoms with Gasteiger partial charge in [0.05, 0.1) is 4.90 Å². The molecule has 0 unspecified atom stereocenters. The van der Waals surface area contributed by atoms with E-state index in [9.17, 15) is 26.8 Å². The summed E-state index contributed by atoms with van der Waals surface area (Å²) in [5, 5.41) is 11.4. The number of carbonyl (C=O) groups is 2. The van der Waals surface area contributed by atoms with Crippen LogP contribution in [0.3, 0.4) is 0 Å². The molecule has 0 bridgehead atoms. The minimum atomic E-state index is -4.73. The first-order valence-electron chi connectivity index (χ1n) is 6.71. The Labute approximate surface area is 132 Å². The van der Waals surface area contributed by atoms with Gasteiger partial charge in [-0.25, -0.2) is 13.2 Å². The highest BCUT2D eigenvalue weighted by molar-refractivity contribution is 7.91. The molecule has 0 saturated heterocycles. The molecule has 23 heavy (non-hydrogen) atoms. The summed E-state index contributed by atoms with van der Waals surface area (Å²) in [6, 6.07) is 2.79. The van der Waals surface area contributed by atoms with E-state index in [-0.39, 0.29) is 17.9 Å². The van der Waals surface area contributed by atoms with Crippen LogP contribution in [0.15, 0.2) is 29.2 Å². The predicted octanol–water partition coefficient (Wildman–Crippen LogP) is 1.91.